The van der Waals surface area contributed by atoms with E-state index in [1.165, 1.54) is 5.56 Å². The predicted molar refractivity (Wildman–Crippen MR) is 139 cm³/mol. The number of hydrogen-bond acceptors (Lipinski definition) is 3. The van der Waals surface area contributed by atoms with Crippen LogP contribution in [0.25, 0.3) is 22.1 Å². The molecule has 0 aliphatic rings. The van der Waals surface area contributed by atoms with Crippen LogP contribution in [0.1, 0.15) is 17.2 Å². The van der Waals surface area contributed by atoms with Crippen LogP contribution < -0.4 is 0 Å². The number of benzene rings is 3. The van der Waals surface area contributed by atoms with Crippen molar-refractivity contribution in [2.24, 2.45) is 0 Å². The number of allylic oxidation sites excluding steroid dienone is 2. The Hall–Kier alpha value is -3.96. The molecule has 34 heavy (non-hydrogen) atoms. The van der Waals surface area contributed by atoms with Gasteiger partial charge in [0.05, 0.1) is 35.2 Å². The highest BCUT2D eigenvalue weighted by molar-refractivity contribution is 5.76. The van der Waals surface area contributed by atoms with Gasteiger partial charge >= 0.3 is 0 Å². The average Bonchev–Trinajstić information content (AvgIpc) is 3.38. The summed E-state index contributed by atoms with van der Waals surface area (Å²) in [4.78, 5) is 12.4. The Labute approximate surface area is 200 Å². The Morgan fingerprint density at radius 3 is 1.59 bits per heavy atom. The van der Waals surface area contributed by atoms with Gasteiger partial charge < -0.3 is 9.13 Å². The maximum atomic E-state index is 4.99. The van der Waals surface area contributed by atoms with Crippen LogP contribution in [0.4, 0.5) is 0 Å². The fourth-order valence-corrected chi connectivity index (χ4v) is 4.57. The van der Waals surface area contributed by atoms with E-state index in [9.17, 15) is 0 Å². The van der Waals surface area contributed by atoms with Gasteiger partial charge in [0.25, 0.3) is 0 Å². The quantitative estimate of drug-likeness (QED) is 0.248. The molecular weight excluding hydrogens is 418 g/mol. The third kappa shape index (κ3) is 4.43. The molecule has 0 aliphatic carbocycles. The lowest BCUT2D eigenvalue weighted by atomic mass is 10.2. The Morgan fingerprint density at radius 2 is 1.09 bits per heavy atom. The minimum absolute atomic E-state index is 0.703. The molecule has 0 unspecified atom stereocenters. The average molecular weight is 448 g/mol. The van der Waals surface area contributed by atoms with E-state index in [4.69, 9.17) is 9.97 Å². The minimum atomic E-state index is 0.703. The highest BCUT2D eigenvalue weighted by atomic mass is 15.2. The van der Waals surface area contributed by atoms with Gasteiger partial charge in [-0.15, -0.1) is 13.2 Å². The maximum Gasteiger partial charge on any atom is 0.124 e. The Bertz CT molecular complexity index is 1340. The first-order valence-corrected chi connectivity index (χ1v) is 11.6. The number of para-hydroxylation sites is 4. The lowest BCUT2D eigenvalue weighted by molar-refractivity contribution is 0.230. The van der Waals surface area contributed by atoms with Crippen LogP contribution in [0.3, 0.4) is 0 Å². The number of hydrogen-bond donors (Lipinski definition) is 0. The van der Waals surface area contributed by atoms with Gasteiger partial charge in [-0.05, 0) is 29.8 Å². The molecule has 2 aromatic heterocycles. The van der Waals surface area contributed by atoms with E-state index in [0.717, 1.165) is 53.3 Å². The highest BCUT2D eigenvalue weighted by Crippen LogP contribution is 2.22. The summed E-state index contributed by atoms with van der Waals surface area (Å²) in [6.07, 6.45) is 3.87. The Kier molecular flexibility index (Phi) is 6.36. The zero-order valence-corrected chi connectivity index (χ0v) is 19.3. The lowest BCUT2D eigenvalue weighted by Gasteiger charge is -2.23. The van der Waals surface area contributed by atoms with Crippen molar-refractivity contribution in [1.82, 2.24) is 24.0 Å². The number of rotatable bonds is 10. The molecule has 0 amide bonds. The molecule has 5 heteroatoms. The van der Waals surface area contributed by atoms with Crippen molar-refractivity contribution >= 4 is 22.1 Å². The van der Waals surface area contributed by atoms with Crippen LogP contribution in [-0.2, 0) is 32.7 Å². The topological polar surface area (TPSA) is 38.9 Å². The van der Waals surface area contributed by atoms with Crippen LogP contribution >= 0.6 is 0 Å². The summed E-state index contributed by atoms with van der Waals surface area (Å²) < 4.78 is 4.51. The molecule has 5 aromatic rings. The molecule has 0 N–H and O–H groups in total. The van der Waals surface area contributed by atoms with Crippen molar-refractivity contribution in [3.8, 4) is 0 Å². The molecule has 170 valence electrons. The van der Waals surface area contributed by atoms with Gasteiger partial charge in [0, 0.05) is 19.6 Å². The number of nitrogens with zero attached hydrogens (tertiary/aromatic N) is 5. The minimum Gasteiger partial charge on any atom is -0.323 e. The summed E-state index contributed by atoms with van der Waals surface area (Å²) in [5.41, 5.74) is 5.56. The van der Waals surface area contributed by atoms with Gasteiger partial charge in [-0.2, -0.15) is 0 Å². The van der Waals surface area contributed by atoms with Crippen molar-refractivity contribution in [2.75, 3.05) is 0 Å². The molecule has 0 spiro atoms. The first-order chi connectivity index (χ1) is 16.8. The maximum absolute atomic E-state index is 4.99. The van der Waals surface area contributed by atoms with E-state index < -0.39 is 0 Å². The standard InChI is InChI=1S/C29H29N5/c1-3-18-33-26-16-10-8-14-24(26)30-28(33)21-32(20-23-12-6-5-7-13-23)22-29-31-25-15-9-11-17-27(25)34(29)19-4-2/h3-17H,1-2,18-22H2. The van der Waals surface area contributed by atoms with Gasteiger partial charge in [-0.3, -0.25) is 4.90 Å². The Morgan fingerprint density at radius 1 is 0.618 bits per heavy atom. The van der Waals surface area contributed by atoms with Crippen LogP contribution in [0.15, 0.2) is 104 Å². The molecule has 0 fully saturated rings. The lowest BCUT2D eigenvalue weighted by Crippen LogP contribution is -2.26. The Balaban J connectivity index is 1.54. The number of aromatic nitrogens is 4. The fraction of sp³-hybridized carbons (Fsp3) is 0.172. The van der Waals surface area contributed by atoms with E-state index in [-0.39, 0.29) is 0 Å². The second-order valence-electron chi connectivity index (χ2n) is 8.46. The van der Waals surface area contributed by atoms with Crippen LogP contribution in [0, 0.1) is 0 Å². The van der Waals surface area contributed by atoms with Gasteiger partial charge in [0.15, 0.2) is 0 Å². The van der Waals surface area contributed by atoms with Crippen molar-refractivity contribution in [3.63, 3.8) is 0 Å². The number of fused-ring (bicyclic) bond motifs is 2. The third-order valence-electron chi connectivity index (χ3n) is 6.07. The summed E-state index contributed by atoms with van der Waals surface area (Å²) >= 11 is 0. The fourth-order valence-electron chi connectivity index (χ4n) is 4.57. The first-order valence-electron chi connectivity index (χ1n) is 11.6. The van der Waals surface area contributed by atoms with Crippen LogP contribution in [0.2, 0.25) is 0 Å². The number of imidazole rings is 2. The second kappa shape index (κ2) is 9.89. The second-order valence-corrected chi connectivity index (χ2v) is 8.46. The van der Waals surface area contributed by atoms with E-state index in [1.54, 1.807) is 0 Å². The van der Waals surface area contributed by atoms with E-state index in [0.29, 0.717) is 13.1 Å². The molecule has 3 aromatic carbocycles. The molecule has 0 saturated heterocycles. The zero-order chi connectivity index (χ0) is 23.3. The van der Waals surface area contributed by atoms with Gasteiger partial charge in [0.2, 0.25) is 0 Å². The van der Waals surface area contributed by atoms with E-state index >= 15 is 0 Å². The van der Waals surface area contributed by atoms with E-state index in [2.05, 4.69) is 93.9 Å². The third-order valence-corrected chi connectivity index (χ3v) is 6.07. The molecule has 0 radical (unpaired) electrons. The van der Waals surface area contributed by atoms with Crippen molar-refractivity contribution < 1.29 is 0 Å². The van der Waals surface area contributed by atoms with Crippen LogP contribution in [-0.4, -0.2) is 24.0 Å². The first kappa shape index (κ1) is 21.9. The van der Waals surface area contributed by atoms with Gasteiger partial charge in [-0.1, -0.05) is 66.7 Å². The summed E-state index contributed by atoms with van der Waals surface area (Å²) in [5, 5.41) is 0. The van der Waals surface area contributed by atoms with Gasteiger partial charge in [0.1, 0.15) is 11.6 Å². The van der Waals surface area contributed by atoms with Crippen LogP contribution in [0.5, 0.6) is 0 Å². The molecule has 5 nitrogen and oxygen atoms in total. The molecule has 5 rings (SSSR count). The van der Waals surface area contributed by atoms with Crippen molar-refractivity contribution in [3.05, 3.63) is 121 Å². The van der Waals surface area contributed by atoms with Crippen molar-refractivity contribution in [2.45, 2.75) is 32.7 Å². The summed E-state index contributed by atoms with van der Waals surface area (Å²) in [7, 11) is 0. The SMILES string of the molecule is C=CCn1c(CN(Cc2ccccc2)Cc2nc3ccccc3n2CC=C)nc2ccccc21. The molecule has 0 aliphatic heterocycles. The monoisotopic (exact) mass is 447 g/mol. The predicted octanol–water partition coefficient (Wildman–Crippen LogP) is 5.96. The van der Waals surface area contributed by atoms with E-state index in [1.807, 2.05) is 24.3 Å². The summed E-state index contributed by atoms with van der Waals surface area (Å²) in [6, 6.07) is 27.2. The highest BCUT2D eigenvalue weighted by Gasteiger charge is 2.18. The largest absolute Gasteiger partial charge is 0.323 e. The zero-order valence-electron chi connectivity index (χ0n) is 19.3. The molecule has 0 bridgehead atoms. The summed E-state index contributed by atoms with van der Waals surface area (Å²) in [6.45, 7) is 11.6. The summed E-state index contributed by atoms with van der Waals surface area (Å²) in [5.74, 6) is 2.06. The van der Waals surface area contributed by atoms with Crippen molar-refractivity contribution in [1.29, 1.82) is 0 Å². The molecule has 0 saturated carbocycles. The van der Waals surface area contributed by atoms with Gasteiger partial charge in [-0.25, -0.2) is 9.97 Å². The molecule has 0 atom stereocenters. The molecule has 2 heterocycles. The smallest absolute Gasteiger partial charge is 0.124 e. The normalized spacial score (nSPS) is 11.4. The molecular formula is C29H29N5.